The zero-order chi connectivity index (χ0) is 22.6. The number of aliphatic carboxylic acids is 1. The van der Waals surface area contributed by atoms with Gasteiger partial charge in [-0.3, -0.25) is 19.7 Å². The quantitative estimate of drug-likeness (QED) is 0.255. The van der Waals surface area contributed by atoms with E-state index < -0.39 is 40.3 Å². The molecule has 0 bridgehead atoms. The van der Waals surface area contributed by atoms with Gasteiger partial charge < -0.3 is 26.0 Å². The molecule has 2 rings (SSSR count). The molecule has 1 amide bonds. The van der Waals surface area contributed by atoms with E-state index in [9.17, 15) is 34.7 Å². The zero-order valence-electron chi connectivity index (χ0n) is 16.2. The number of nitrogens with two attached hydrogens (primary N) is 1. The molecule has 1 heterocycles. The minimum absolute atomic E-state index is 0.00615. The van der Waals surface area contributed by atoms with Crippen molar-refractivity contribution in [3.8, 4) is 0 Å². The first-order valence-corrected chi connectivity index (χ1v) is 9.78. The van der Waals surface area contributed by atoms with Gasteiger partial charge in [-0.1, -0.05) is 23.9 Å². The fourth-order valence-electron chi connectivity index (χ4n) is 3.25. The summed E-state index contributed by atoms with van der Waals surface area (Å²) in [4.78, 5) is 46.4. The molecule has 0 spiro atoms. The van der Waals surface area contributed by atoms with Gasteiger partial charge in [-0.25, -0.2) is 4.79 Å². The van der Waals surface area contributed by atoms with Gasteiger partial charge in [0.25, 0.3) is 5.69 Å². The predicted octanol–water partition coefficient (Wildman–Crippen LogP) is 0.684. The largest absolute Gasteiger partial charge is 0.478 e. The van der Waals surface area contributed by atoms with Crippen LogP contribution in [0.15, 0.2) is 34.9 Å². The summed E-state index contributed by atoms with van der Waals surface area (Å²) in [6.45, 7) is 2.83. The molecule has 3 unspecified atom stereocenters. The Labute approximate surface area is 175 Å². The van der Waals surface area contributed by atoms with Gasteiger partial charge in [-0.15, -0.1) is 0 Å². The molecule has 0 aromatic heterocycles. The second-order valence-corrected chi connectivity index (χ2v) is 7.62. The number of nitro benzene ring substituents is 1. The first kappa shape index (κ1) is 23.2. The van der Waals surface area contributed by atoms with Crippen LogP contribution in [0.1, 0.15) is 25.3 Å². The second-order valence-electron chi connectivity index (χ2n) is 6.63. The Balaban J connectivity index is 2.70. The molecule has 5 N–H and O–H groups in total. The van der Waals surface area contributed by atoms with Crippen LogP contribution in [0.5, 0.6) is 0 Å². The number of ether oxygens (including phenoxy) is 1. The van der Waals surface area contributed by atoms with Crippen LogP contribution in [-0.4, -0.2) is 51.1 Å². The summed E-state index contributed by atoms with van der Waals surface area (Å²) in [5, 5.41) is 34.3. The van der Waals surface area contributed by atoms with E-state index in [4.69, 9.17) is 10.5 Å². The Morgan fingerprint density at radius 3 is 2.40 bits per heavy atom. The Morgan fingerprint density at radius 2 is 1.93 bits per heavy atom. The highest BCUT2D eigenvalue weighted by Gasteiger charge is 2.52. The second kappa shape index (κ2) is 9.13. The smallest absolute Gasteiger partial charge is 0.334 e. The first-order chi connectivity index (χ1) is 14.0. The standard InChI is InChI=1S/C18H21N3O8S/c1-3-29-17(25)14-12(9-4-6-10(7-5-9)21(27)28)13(16(23)24)15(20-18(14,2)26)30-8-11(19)22/h4-7,12,14,20,26H,3,8H2,1-2H3,(H2,19,22)(H,23,24). The number of aliphatic hydroxyl groups is 1. The number of hydrogen-bond donors (Lipinski definition) is 4. The maximum absolute atomic E-state index is 12.7. The highest BCUT2D eigenvalue weighted by atomic mass is 32.2. The van der Waals surface area contributed by atoms with Crippen molar-refractivity contribution < 1.29 is 34.3 Å². The molecule has 1 aromatic rings. The van der Waals surface area contributed by atoms with Crippen LogP contribution in [0.4, 0.5) is 5.69 Å². The zero-order valence-corrected chi connectivity index (χ0v) is 17.0. The lowest BCUT2D eigenvalue weighted by Gasteiger charge is -2.43. The molecule has 162 valence electrons. The molecular formula is C18H21N3O8S. The number of non-ortho nitro benzene ring substituents is 1. The maximum Gasteiger partial charge on any atom is 0.334 e. The fourth-order valence-corrected chi connectivity index (χ4v) is 4.19. The normalized spacial score (nSPS) is 23.4. The molecule has 0 radical (unpaired) electrons. The van der Waals surface area contributed by atoms with E-state index in [-0.39, 0.29) is 34.2 Å². The number of thioether (sulfide) groups is 1. The van der Waals surface area contributed by atoms with E-state index in [1.165, 1.54) is 31.2 Å². The Bertz CT molecular complexity index is 897. The first-order valence-electron chi connectivity index (χ1n) is 8.79. The van der Waals surface area contributed by atoms with Crippen LogP contribution < -0.4 is 11.1 Å². The average Bonchev–Trinajstić information content (AvgIpc) is 2.64. The number of nitrogens with one attached hydrogen (secondary N) is 1. The van der Waals surface area contributed by atoms with Crippen LogP contribution >= 0.6 is 11.8 Å². The summed E-state index contributed by atoms with van der Waals surface area (Å²) in [5.41, 5.74) is 2.93. The van der Waals surface area contributed by atoms with Crippen molar-refractivity contribution in [2.45, 2.75) is 25.5 Å². The fraction of sp³-hybridized carbons (Fsp3) is 0.389. The summed E-state index contributed by atoms with van der Waals surface area (Å²) >= 11 is 0.771. The van der Waals surface area contributed by atoms with Crippen molar-refractivity contribution in [1.29, 1.82) is 0 Å². The van der Waals surface area contributed by atoms with Crippen molar-refractivity contribution in [3.63, 3.8) is 0 Å². The maximum atomic E-state index is 12.7. The van der Waals surface area contributed by atoms with Gasteiger partial charge in [0.2, 0.25) is 5.91 Å². The summed E-state index contributed by atoms with van der Waals surface area (Å²) in [7, 11) is 0. The number of carboxylic acids is 1. The van der Waals surface area contributed by atoms with Crippen LogP contribution in [0.25, 0.3) is 0 Å². The molecule has 1 aliphatic heterocycles. The van der Waals surface area contributed by atoms with Crippen LogP contribution in [0, 0.1) is 16.0 Å². The summed E-state index contributed by atoms with van der Waals surface area (Å²) in [6.07, 6.45) is 0. The third-order valence-corrected chi connectivity index (χ3v) is 5.49. The number of carboxylic acid groups (broad SMARTS) is 1. The van der Waals surface area contributed by atoms with Gasteiger partial charge in [0.1, 0.15) is 11.6 Å². The summed E-state index contributed by atoms with van der Waals surface area (Å²) in [5.74, 6) is -5.83. The monoisotopic (exact) mass is 439 g/mol. The van der Waals surface area contributed by atoms with Gasteiger partial charge in [-0.05, 0) is 19.4 Å². The molecule has 12 heteroatoms. The minimum Gasteiger partial charge on any atom is -0.478 e. The Morgan fingerprint density at radius 1 is 1.33 bits per heavy atom. The van der Waals surface area contributed by atoms with Crippen LogP contribution in [-0.2, 0) is 19.1 Å². The van der Waals surface area contributed by atoms with Crippen molar-refractivity contribution in [1.82, 2.24) is 5.32 Å². The molecule has 0 fully saturated rings. The summed E-state index contributed by atoms with van der Waals surface area (Å²) < 4.78 is 5.05. The molecule has 0 aliphatic carbocycles. The summed E-state index contributed by atoms with van der Waals surface area (Å²) in [6, 6.07) is 4.97. The number of hydrogen-bond acceptors (Lipinski definition) is 9. The van der Waals surface area contributed by atoms with Gasteiger partial charge in [0.15, 0.2) is 0 Å². The van der Waals surface area contributed by atoms with E-state index in [1.807, 2.05) is 0 Å². The van der Waals surface area contributed by atoms with Crippen molar-refractivity contribution in [2.75, 3.05) is 12.4 Å². The molecular weight excluding hydrogens is 418 g/mol. The Kier molecular flexibility index (Phi) is 7.05. The average molecular weight is 439 g/mol. The SMILES string of the molecule is CCOC(=O)C1C(c2ccc([N+](=O)[O-])cc2)C(C(=O)O)=C(SCC(N)=O)NC1(C)O. The van der Waals surface area contributed by atoms with E-state index >= 15 is 0 Å². The van der Waals surface area contributed by atoms with E-state index in [2.05, 4.69) is 5.32 Å². The lowest BCUT2D eigenvalue weighted by molar-refractivity contribution is -0.384. The number of nitro groups is 1. The highest BCUT2D eigenvalue weighted by molar-refractivity contribution is 8.03. The van der Waals surface area contributed by atoms with E-state index in [1.54, 1.807) is 6.92 Å². The topological polar surface area (TPSA) is 182 Å². The van der Waals surface area contributed by atoms with Crippen molar-refractivity contribution in [2.24, 2.45) is 11.7 Å². The van der Waals surface area contributed by atoms with Crippen LogP contribution in [0.2, 0.25) is 0 Å². The number of rotatable bonds is 8. The number of amides is 1. The van der Waals surface area contributed by atoms with Gasteiger partial charge in [0.05, 0.1) is 27.9 Å². The number of esters is 1. The highest BCUT2D eigenvalue weighted by Crippen LogP contribution is 2.45. The lowest BCUT2D eigenvalue weighted by atomic mass is 9.73. The molecule has 1 aliphatic rings. The van der Waals surface area contributed by atoms with Crippen molar-refractivity contribution in [3.05, 3.63) is 50.5 Å². The molecule has 0 saturated heterocycles. The van der Waals surface area contributed by atoms with Gasteiger partial charge in [-0.2, -0.15) is 0 Å². The molecule has 30 heavy (non-hydrogen) atoms. The third-order valence-electron chi connectivity index (χ3n) is 4.45. The molecule has 0 saturated carbocycles. The number of nitrogens with zero attached hydrogens (tertiary/aromatic N) is 1. The number of carbonyl (C=O) groups is 3. The number of benzene rings is 1. The number of carbonyl (C=O) groups excluding carboxylic acids is 2. The molecule has 1 aromatic carbocycles. The van der Waals surface area contributed by atoms with E-state index in [0.29, 0.717) is 0 Å². The predicted molar refractivity (Wildman–Crippen MR) is 106 cm³/mol. The lowest BCUT2D eigenvalue weighted by Crippen LogP contribution is -2.57. The molecule has 3 atom stereocenters. The Hall–Kier alpha value is -3.12. The van der Waals surface area contributed by atoms with Gasteiger partial charge in [0, 0.05) is 18.1 Å². The van der Waals surface area contributed by atoms with E-state index in [0.717, 1.165) is 11.8 Å². The minimum atomic E-state index is -1.95. The van der Waals surface area contributed by atoms with Gasteiger partial charge >= 0.3 is 11.9 Å². The van der Waals surface area contributed by atoms with Crippen LogP contribution in [0.3, 0.4) is 0 Å². The molecule has 11 nitrogen and oxygen atoms in total. The number of primary amides is 1. The third kappa shape index (κ3) is 4.89. The van der Waals surface area contributed by atoms with Crippen molar-refractivity contribution >= 4 is 35.3 Å².